The molecule has 7 nitrogen and oxygen atoms in total. The molecule has 0 saturated heterocycles. The second-order valence-electron chi connectivity index (χ2n) is 4.56. The average molecular weight is 264 g/mol. The maximum atomic E-state index is 11.5. The van der Waals surface area contributed by atoms with Crippen LogP contribution < -0.4 is 5.32 Å². The van der Waals surface area contributed by atoms with Crippen molar-refractivity contribution in [1.29, 1.82) is 0 Å². The summed E-state index contributed by atoms with van der Waals surface area (Å²) < 4.78 is 5.12. The summed E-state index contributed by atoms with van der Waals surface area (Å²) >= 11 is 0. The fourth-order valence-electron chi connectivity index (χ4n) is 1.31. The van der Waals surface area contributed by atoms with Crippen molar-refractivity contribution in [2.75, 3.05) is 6.54 Å². The van der Waals surface area contributed by atoms with Gasteiger partial charge in [0, 0.05) is 11.5 Å². The van der Waals surface area contributed by atoms with E-state index < -0.39 is 11.7 Å². The van der Waals surface area contributed by atoms with Gasteiger partial charge in [0.15, 0.2) is 0 Å². The summed E-state index contributed by atoms with van der Waals surface area (Å²) in [5.41, 5.74) is 8.20. The van der Waals surface area contributed by atoms with Crippen molar-refractivity contribution in [3.63, 3.8) is 0 Å². The minimum Gasteiger partial charge on any atom is -0.508 e. The van der Waals surface area contributed by atoms with E-state index in [-0.39, 0.29) is 18.8 Å². The zero-order valence-corrected chi connectivity index (χ0v) is 10.8. The van der Waals surface area contributed by atoms with Crippen LogP contribution in [-0.4, -0.2) is 23.3 Å². The number of phenolic OH excluding ortho intramolecular Hbond substituents is 1. The standard InChI is InChI=1S/C12H16N4O3/c1-12(2,8-15-16-13)19-11(18)14-7-9-3-5-10(17)6-4-9/h3-6,17H,7-8H2,1-2H3,(H,14,18). The Morgan fingerprint density at radius 3 is 2.68 bits per heavy atom. The summed E-state index contributed by atoms with van der Waals surface area (Å²) in [5, 5.41) is 15.1. The first-order valence-electron chi connectivity index (χ1n) is 5.68. The zero-order chi connectivity index (χ0) is 14.3. The van der Waals surface area contributed by atoms with Crippen molar-refractivity contribution >= 4 is 6.09 Å². The molecule has 0 aliphatic carbocycles. The van der Waals surface area contributed by atoms with E-state index in [1.807, 2.05) is 0 Å². The van der Waals surface area contributed by atoms with Crippen LogP contribution in [0.15, 0.2) is 29.4 Å². The van der Waals surface area contributed by atoms with E-state index in [9.17, 15) is 4.79 Å². The smallest absolute Gasteiger partial charge is 0.407 e. The summed E-state index contributed by atoms with van der Waals surface area (Å²) in [6, 6.07) is 6.46. The fraction of sp³-hybridized carbons (Fsp3) is 0.417. The highest BCUT2D eigenvalue weighted by molar-refractivity contribution is 5.67. The lowest BCUT2D eigenvalue weighted by Crippen LogP contribution is -2.36. The lowest BCUT2D eigenvalue weighted by atomic mass is 10.1. The van der Waals surface area contributed by atoms with Crippen LogP contribution in [0.3, 0.4) is 0 Å². The molecular weight excluding hydrogens is 248 g/mol. The molecule has 19 heavy (non-hydrogen) atoms. The second-order valence-corrected chi connectivity index (χ2v) is 4.56. The SMILES string of the molecule is CC(C)(CN=[N+]=[N-])OC(=O)NCc1ccc(O)cc1. The van der Waals surface area contributed by atoms with E-state index in [2.05, 4.69) is 15.3 Å². The van der Waals surface area contributed by atoms with Gasteiger partial charge in [-0.1, -0.05) is 17.2 Å². The Labute approximate surface area is 110 Å². The third-order valence-electron chi connectivity index (χ3n) is 2.26. The summed E-state index contributed by atoms with van der Waals surface area (Å²) in [6.45, 7) is 3.66. The van der Waals surface area contributed by atoms with Gasteiger partial charge in [-0.15, -0.1) is 0 Å². The van der Waals surface area contributed by atoms with Crippen LogP contribution in [0.5, 0.6) is 5.75 Å². The van der Waals surface area contributed by atoms with Crippen LogP contribution in [0.25, 0.3) is 10.4 Å². The number of azide groups is 1. The highest BCUT2D eigenvalue weighted by atomic mass is 16.6. The number of alkyl carbamates (subject to hydrolysis) is 1. The van der Waals surface area contributed by atoms with Gasteiger partial charge in [0.25, 0.3) is 0 Å². The minimum absolute atomic E-state index is 0.0656. The molecule has 7 heteroatoms. The highest BCUT2D eigenvalue weighted by Crippen LogP contribution is 2.11. The van der Waals surface area contributed by atoms with Crippen LogP contribution in [0.1, 0.15) is 19.4 Å². The molecule has 2 N–H and O–H groups in total. The predicted octanol–water partition coefficient (Wildman–Crippen LogP) is 2.71. The summed E-state index contributed by atoms with van der Waals surface area (Å²) in [7, 11) is 0. The van der Waals surface area contributed by atoms with Crippen molar-refractivity contribution in [1.82, 2.24) is 5.32 Å². The molecule has 0 radical (unpaired) electrons. The Balaban J connectivity index is 2.43. The van der Waals surface area contributed by atoms with Gasteiger partial charge in [-0.2, -0.15) is 0 Å². The van der Waals surface area contributed by atoms with Crippen molar-refractivity contribution in [2.24, 2.45) is 5.11 Å². The molecule has 0 aliphatic rings. The Hall–Kier alpha value is -2.40. The topological polar surface area (TPSA) is 107 Å². The van der Waals surface area contributed by atoms with E-state index in [0.717, 1.165) is 5.56 Å². The molecule has 0 atom stereocenters. The largest absolute Gasteiger partial charge is 0.508 e. The fourth-order valence-corrected chi connectivity index (χ4v) is 1.31. The van der Waals surface area contributed by atoms with Gasteiger partial charge in [-0.3, -0.25) is 0 Å². The Bertz CT molecular complexity index is 478. The average Bonchev–Trinajstić information content (AvgIpc) is 2.35. The number of ether oxygens (including phenoxy) is 1. The van der Waals surface area contributed by atoms with Gasteiger partial charge in [-0.05, 0) is 37.1 Å². The van der Waals surface area contributed by atoms with Crippen LogP contribution in [0.2, 0.25) is 0 Å². The third-order valence-corrected chi connectivity index (χ3v) is 2.26. The maximum absolute atomic E-state index is 11.5. The normalized spacial score (nSPS) is 10.4. The van der Waals surface area contributed by atoms with Gasteiger partial charge in [-0.25, -0.2) is 4.79 Å². The maximum Gasteiger partial charge on any atom is 0.407 e. The van der Waals surface area contributed by atoms with Gasteiger partial charge in [0.1, 0.15) is 11.4 Å². The number of hydrogen-bond acceptors (Lipinski definition) is 4. The molecule has 1 amide bonds. The van der Waals surface area contributed by atoms with Crippen LogP contribution in [0, 0.1) is 0 Å². The van der Waals surface area contributed by atoms with Crippen LogP contribution in [-0.2, 0) is 11.3 Å². The number of nitrogens with zero attached hydrogens (tertiary/aromatic N) is 3. The van der Waals surface area contributed by atoms with Crippen LogP contribution in [0.4, 0.5) is 4.79 Å². The molecule has 0 saturated carbocycles. The number of rotatable bonds is 5. The number of carbonyl (C=O) groups is 1. The number of amides is 1. The summed E-state index contributed by atoms with van der Waals surface area (Å²) in [5.74, 6) is 0.168. The molecule has 0 unspecified atom stereocenters. The number of hydrogen-bond donors (Lipinski definition) is 2. The molecule has 102 valence electrons. The van der Waals surface area contributed by atoms with E-state index in [4.69, 9.17) is 15.4 Å². The van der Waals surface area contributed by atoms with Gasteiger partial charge >= 0.3 is 6.09 Å². The highest BCUT2D eigenvalue weighted by Gasteiger charge is 2.21. The molecule has 1 aromatic rings. The molecule has 0 heterocycles. The van der Waals surface area contributed by atoms with Crippen LogP contribution >= 0.6 is 0 Å². The van der Waals surface area contributed by atoms with Crippen molar-refractivity contribution in [3.05, 3.63) is 40.3 Å². The Kier molecular flexibility index (Phi) is 5.02. The number of aromatic hydroxyl groups is 1. The third kappa shape index (κ3) is 5.65. The zero-order valence-electron chi connectivity index (χ0n) is 10.8. The van der Waals surface area contributed by atoms with Crippen molar-refractivity contribution < 1.29 is 14.6 Å². The molecule has 0 bridgehead atoms. The van der Waals surface area contributed by atoms with Crippen molar-refractivity contribution in [3.8, 4) is 5.75 Å². The molecule has 0 aromatic heterocycles. The monoisotopic (exact) mass is 264 g/mol. The molecule has 0 aliphatic heterocycles. The molecular formula is C12H16N4O3. The molecule has 0 fully saturated rings. The first-order valence-corrected chi connectivity index (χ1v) is 5.68. The van der Waals surface area contributed by atoms with Gasteiger partial charge in [0.2, 0.25) is 0 Å². The Morgan fingerprint density at radius 2 is 2.11 bits per heavy atom. The first kappa shape index (κ1) is 14.7. The van der Waals surface area contributed by atoms with Gasteiger partial charge in [0.05, 0.1) is 6.54 Å². The second kappa shape index (κ2) is 6.51. The van der Waals surface area contributed by atoms with Crippen molar-refractivity contribution in [2.45, 2.75) is 26.0 Å². The number of benzene rings is 1. The number of phenols is 1. The minimum atomic E-state index is -0.856. The lowest BCUT2D eigenvalue weighted by Gasteiger charge is -2.22. The Morgan fingerprint density at radius 1 is 1.47 bits per heavy atom. The molecule has 0 spiro atoms. The van der Waals surface area contributed by atoms with E-state index >= 15 is 0 Å². The van der Waals surface area contributed by atoms with E-state index in [1.54, 1.807) is 26.0 Å². The molecule has 1 rings (SSSR count). The number of nitrogens with one attached hydrogen (secondary N) is 1. The quantitative estimate of drug-likeness (QED) is 0.485. The summed E-state index contributed by atoms with van der Waals surface area (Å²) in [6.07, 6.45) is -0.591. The number of carbonyl (C=O) groups excluding carboxylic acids is 1. The first-order chi connectivity index (χ1) is 8.93. The van der Waals surface area contributed by atoms with E-state index in [0.29, 0.717) is 0 Å². The van der Waals surface area contributed by atoms with E-state index in [1.165, 1.54) is 12.1 Å². The lowest BCUT2D eigenvalue weighted by molar-refractivity contribution is 0.0451. The summed E-state index contributed by atoms with van der Waals surface area (Å²) in [4.78, 5) is 14.2. The molecule has 1 aromatic carbocycles. The predicted molar refractivity (Wildman–Crippen MR) is 69.5 cm³/mol. The van der Waals surface area contributed by atoms with Gasteiger partial charge < -0.3 is 15.2 Å².